The van der Waals surface area contributed by atoms with Crippen LogP contribution in [0, 0.1) is 13.8 Å². The Bertz CT molecular complexity index is 687. The molecule has 9 heteroatoms. The Hall–Kier alpha value is -1.52. The van der Waals surface area contributed by atoms with Gasteiger partial charge in [0.25, 0.3) is 21.4 Å². The van der Waals surface area contributed by atoms with Crippen molar-refractivity contribution < 1.29 is 27.9 Å². The molecule has 0 fully saturated rings. The zero-order valence-electron chi connectivity index (χ0n) is 15.9. The maximum Gasteiger partial charge on any atom is 0.272 e. The first kappa shape index (κ1) is 22.5. The van der Waals surface area contributed by atoms with Crippen LogP contribution in [0.4, 0.5) is 5.69 Å². The number of para-hydroxylation sites is 1. The second-order valence-electron chi connectivity index (χ2n) is 5.90. The van der Waals surface area contributed by atoms with Crippen molar-refractivity contribution in [2.24, 2.45) is 0 Å². The summed E-state index contributed by atoms with van der Waals surface area (Å²) in [6.07, 6.45) is 0.636. The van der Waals surface area contributed by atoms with Gasteiger partial charge in [-0.1, -0.05) is 29.6 Å². The molecule has 1 aromatic rings. The summed E-state index contributed by atoms with van der Waals surface area (Å²) < 4.78 is 30.7. The van der Waals surface area contributed by atoms with Gasteiger partial charge in [-0.05, 0) is 45.2 Å². The summed E-state index contributed by atoms with van der Waals surface area (Å²) in [6, 6.07) is 5.37. The zero-order valence-corrected chi connectivity index (χ0v) is 16.7. The fourth-order valence-electron chi connectivity index (χ4n) is 2.11. The normalized spacial score (nSPS) is 14.3. The number of aryl methyl sites for hydroxylation is 2. The number of rotatable bonds is 10. The molecular weight excluding hydrogens is 360 g/mol. The maximum atomic E-state index is 12.4. The van der Waals surface area contributed by atoms with Crippen molar-refractivity contribution >= 4 is 21.6 Å². The Labute approximate surface area is 155 Å². The zero-order chi connectivity index (χ0) is 19.9. The van der Waals surface area contributed by atoms with Gasteiger partial charge >= 0.3 is 0 Å². The Kier molecular flexibility index (Phi) is 8.65. The lowest BCUT2D eigenvalue weighted by Gasteiger charge is -2.23. The number of carbonyl (C=O) groups is 1. The Morgan fingerprint density at radius 1 is 1.27 bits per heavy atom. The smallest absolute Gasteiger partial charge is 0.272 e. The summed E-state index contributed by atoms with van der Waals surface area (Å²) >= 11 is 0. The molecule has 0 aliphatic rings. The van der Waals surface area contributed by atoms with Crippen LogP contribution in [-0.2, 0) is 24.4 Å². The van der Waals surface area contributed by atoms with Crippen LogP contribution in [0.1, 0.15) is 38.3 Å². The van der Waals surface area contributed by atoms with Gasteiger partial charge in [0.05, 0.1) is 6.10 Å². The fraction of sp³-hybridized carbons (Fsp3) is 0.588. The van der Waals surface area contributed by atoms with E-state index in [0.29, 0.717) is 10.2 Å². The van der Waals surface area contributed by atoms with E-state index in [1.54, 1.807) is 26.0 Å². The minimum atomic E-state index is -4.43. The van der Waals surface area contributed by atoms with E-state index in [4.69, 9.17) is 9.57 Å². The number of ether oxygens (including phenoxy) is 1. The van der Waals surface area contributed by atoms with Gasteiger partial charge in [-0.25, -0.2) is 8.42 Å². The Morgan fingerprint density at radius 2 is 1.85 bits per heavy atom. The quantitative estimate of drug-likeness (QED) is 0.469. The molecule has 1 rings (SSSR count). The second-order valence-corrected chi connectivity index (χ2v) is 7.79. The number of hydrogen-bond acceptors (Lipinski definition) is 6. The van der Waals surface area contributed by atoms with Gasteiger partial charge in [0.1, 0.15) is 0 Å². The monoisotopic (exact) mass is 388 g/mol. The lowest BCUT2D eigenvalue weighted by atomic mass is 10.1. The molecule has 0 aromatic heterocycles. The average Bonchev–Trinajstić information content (AvgIpc) is 2.60. The van der Waals surface area contributed by atoms with Crippen LogP contribution < -0.4 is 5.32 Å². The summed E-state index contributed by atoms with van der Waals surface area (Å²) in [5, 5.41) is 12.5. The number of sulfonamides is 1. The number of nitrogens with one attached hydrogen (secondary N) is 1. The molecule has 0 aliphatic carbocycles. The third kappa shape index (κ3) is 5.75. The van der Waals surface area contributed by atoms with Gasteiger partial charge in [-0.3, -0.25) is 9.63 Å². The van der Waals surface area contributed by atoms with Crippen molar-refractivity contribution in [2.75, 3.05) is 18.7 Å². The Morgan fingerprint density at radius 3 is 2.35 bits per heavy atom. The molecule has 2 unspecified atom stereocenters. The van der Waals surface area contributed by atoms with Gasteiger partial charge in [-0.2, -0.15) is 0 Å². The van der Waals surface area contributed by atoms with Gasteiger partial charge in [0, 0.05) is 12.2 Å². The van der Waals surface area contributed by atoms with E-state index < -0.39 is 21.4 Å². The number of anilines is 1. The summed E-state index contributed by atoms with van der Waals surface area (Å²) in [7, 11) is -4.43. The maximum absolute atomic E-state index is 12.4. The molecule has 0 saturated heterocycles. The first-order valence-electron chi connectivity index (χ1n) is 8.46. The summed E-state index contributed by atoms with van der Waals surface area (Å²) in [5.41, 5.74) is -0.317. The van der Waals surface area contributed by atoms with E-state index in [2.05, 4.69) is 5.32 Å². The summed E-state index contributed by atoms with van der Waals surface area (Å²) in [4.78, 5) is 17.3. The number of nitrogens with zero attached hydrogens (tertiary/aromatic N) is 1. The summed E-state index contributed by atoms with van der Waals surface area (Å²) in [6.45, 7) is 8.43. The highest BCUT2D eigenvalue weighted by Crippen LogP contribution is 2.20. The molecule has 1 amide bonds. The molecule has 1 aromatic carbocycles. The SMILES string of the molecule is CCC(C)OCON(CC)S(=O)(=O)C(O)C(=O)Nc1c(C)cccc1C. The molecule has 26 heavy (non-hydrogen) atoms. The molecule has 0 spiro atoms. The number of carbonyl (C=O) groups excluding carboxylic acids is 1. The second kappa shape index (κ2) is 9.98. The standard InChI is InChI=1S/C17H28N2O6S/c1-6-14(5)24-11-25-19(7-2)26(22,23)17(21)16(20)18-15-12(3)9-8-10-13(15)4/h8-10,14,17,21H,6-7,11H2,1-5H3,(H,18,20). The molecule has 0 radical (unpaired) electrons. The van der Waals surface area contributed by atoms with Crippen LogP contribution >= 0.6 is 0 Å². The summed E-state index contributed by atoms with van der Waals surface area (Å²) in [5.74, 6) is -1.05. The highest BCUT2D eigenvalue weighted by Gasteiger charge is 2.36. The molecular formula is C17H28N2O6S. The van der Waals surface area contributed by atoms with Crippen molar-refractivity contribution in [2.45, 2.75) is 52.6 Å². The molecule has 0 heterocycles. The largest absolute Gasteiger partial charge is 0.368 e. The van der Waals surface area contributed by atoms with Crippen LogP contribution in [0.25, 0.3) is 0 Å². The number of amides is 1. The van der Waals surface area contributed by atoms with E-state index in [9.17, 15) is 18.3 Å². The van der Waals surface area contributed by atoms with Crippen LogP contribution in [0.5, 0.6) is 0 Å². The molecule has 148 valence electrons. The molecule has 0 bridgehead atoms. The minimum Gasteiger partial charge on any atom is -0.368 e. The number of benzene rings is 1. The van der Waals surface area contributed by atoms with E-state index in [1.807, 2.05) is 19.9 Å². The number of aliphatic hydroxyl groups is 1. The van der Waals surface area contributed by atoms with Crippen LogP contribution in [0.2, 0.25) is 0 Å². The fourth-order valence-corrected chi connectivity index (χ4v) is 3.21. The van der Waals surface area contributed by atoms with Crippen molar-refractivity contribution in [1.82, 2.24) is 4.47 Å². The van der Waals surface area contributed by atoms with Gasteiger partial charge in [-0.15, -0.1) is 0 Å². The number of hydroxylamine groups is 1. The van der Waals surface area contributed by atoms with Gasteiger partial charge in [0.2, 0.25) is 0 Å². The third-order valence-corrected chi connectivity index (χ3v) is 5.61. The molecule has 2 atom stereocenters. The highest BCUT2D eigenvalue weighted by molar-refractivity contribution is 7.90. The number of aliphatic hydroxyl groups excluding tert-OH is 1. The highest BCUT2D eigenvalue weighted by atomic mass is 32.2. The topological polar surface area (TPSA) is 105 Å². The van der Waals surface area contributed by atoms with Crippen LogP contribution in [-0.4, -0.2) is 48.8 Å². The lowest BCUT2D eigenvalue weighted by Crippen LogP contribution is -2.45. The van der Waals surface area contributed by atoms with Crippen molar-refractivity contribution in [3.63, 3.8) is 0 Å². The first-order chi connectivity index (χ1) is 12.1. The molecule has 2 N–H and O–H groups in total. The third-order valence-electron chi connectivity index (χ3n) is 3.90. The van der Waals surface area contributed by atoms with Gasteiger partial charge in [0.15, 0.2) is 6.79 Å². The van der Waals surface area contributed by atoms with Crippen molar-refractivity contribution in [1.29, 1.82) is 0 Å². The number of hydrogen-bond donors (Lipinski definition) is 2. The predicted octanol–water partition coefficient (Wildman–Crippen LogP) is 1.92. The van der Waals surface area contributed by atoms with Crippen molar-refractivity contribution in [3.8, 4) is 0 Å². The lowest BCUT2D eigenvalue weighted by molar-refractivity contribution is -0.187. The molecule has 0 aliphatic heterocycles. The molecule has 0 saturated carbocycles. The van der Waals surface area contributed by atoms with Crippen LogP contribution in [0.15, 0.2) is 18.2 Å². The average molecular weight is 388 g/mol. The predicted molar refractivity (Wildman–Crippen MR) is 98.6 cm³/mol. The van der Waals surface area contributed by atoms with E-state index in [0.717, 1.165) is 17.5 Å². The minimum absolute atomic E-state index is 0.0834. The first-order valence-corrected chi connectivity index (χ1v) is 9.96. The van der Waals surface area contributed by atoms with Gasteiger partial charge < -0.3 is 15.2 Å². The van der Waals surface area contributed by atoms with E-state index in [1.165, 1.54) is 6.92 Å². The van der Waals surface area contributed by atoms with E-state index >= 15 is 0 Å². The van der Waals surface area contributed by atoms with Crippen LogP contribution in [0.3, 0.4) is 0 Å². The van der Waals surface area contributed by atoms with E-state index in [-0.39, 0.29) is 19.4 Å². The Balaban J connectivity index is 2.83. The van der Waals surface area contributed by atoms with Crippen molar-refractivity contribution in [3.05, 3.63) is 29.3 Å². The molecule has 8 nitrogen and oxygen atoms in total.